The van der Waals surface area contributed by atoms with E-state index >= 15 is 0 Å². The van der Waals surface area contributed by atoms with Crippen LogP contribution in [0, 0.1) is 0 Å². The van der Waals surface area contributed by atoms with Crippen molar-refractivity contribution >= 4 is 39.2 Å². The molecule has 8 nitrogen and oxygen atoms in total. The van der Waals surface area contributed by atoms with Crippen molar-refractivity contribution in [2.24, 2.45) is 0 Å². The lowest BCUT2D eigenvalue weighted by Gasteiger charge is -2.23. The molecule has 0 saturated heterocycles. The fourth-order valence-electron chi connectivity index (χ4n) is 2.97. The molecule has 0 radical (unpaired) electrons. The number of carbonyl (C=O) groups is 1. The van der Waals surface area contributed by atoms with E-state index in [4.69, 9.17) is 37.4 Å². The van der Waals surface area contributed by atoms with Crippen molar-refractivity contribution in [1.82, 2.24) is 4.31 Å². The lowest BCUT2D eigenvalue weighted by atomic mass is 10.1. The van der Waals surface area contributed by atoms with Crippen molar-refractivity contribution in [3.63, 3.8) is 0 Å². The predicted molar refractivity (Wildman–Crippen MR) is 121 cm³/mol. The lowest BCUT2D eigenvalue weighted by molar-refractivity contribution is -0.143. The lowest BCUT2D eigenvalue weighted by Crippen LogP contribution is -2.35. The molecule has 0 unspecified atom stereocenters. The number of phenolic OH excluding ortho intramolecular Hbond substituents is 1. The Kier molecular flexibility index (Phi) is 9.45. The molecule has 0 amide bonds. The van der Waals surface area contributed by atoms with Gasteiger partial charge in [0.1, 0.15) is 4.90 Å². The number of halogens is 2. The zero-order valence-electron chi connectivity index (χ0n) is 17.9. The molecule has 0 atom stereocenters. The van der Waals surface area contributed by atoms with E-state index in [2.05, 4.69) is 0 Å². The van der Waals surface area contributed by atoms with Gasteiger partial charge in [0.2, 0.25) is 10.0 Å². The molecule has 2 aromatic carbocycles. The number of methoxy groups -OCH3 is 2. The van der Waals surface area contributed by atoms with Crippen LogP contribution in [0.4, 0.5) is 0 Å². The molecule has 11 heteroatoms. The second-order valence-electron chi connectivity index (χ2n) is 6.63. The van der Waals surface area contributed by atoms with Crippen LogP contribution in [0.5, 0.6) is 17.2 Å². The van der Waals surface area contributed by atoms with Gasteiger partial charge >= 0.3 is 5.97 Å². The third-order valence-corrected chi connectivity index (χ3v) is 7.00. The van der Waals surface area contributed by atoms with Crippen LogP contribution in [0.2, 0.25) is 10.0 Å². The van der Waals surface area contributed by atoms with E-state index in [1.165, 1.54) is 20.3 Å². The maximum absolute atomic E-state index is 13.3. The number of carbonyl (C=O) groups excluding carboxylic acids is 1. The number of aromatic hydroxyl groups is 1. The van der Waals surface area contributed by atoms with Gasteiger partial charge in [-0.2, -0.15) is 4.31 Å². The highest BCUT2D eigenvalue weighted by Gasteiger charge is 2.29. The van der Waals surface area contributed by atoms with Gasteiger partial charge in [0.05, 0.1) is 32.3 Å². The minimum absolute atomic E-state index is 0.0147. The van der Waals surface area contributed by atoms with Crippen LogP contribution in [-0.2, 0) is 26.0 Å². The molecule has 1 N–H and O–H groups in total. The maximum atomic E-state index is 13.3. The average Bonchev–Trinajstić information content (AvgIpc) is 2.75. The Morgan fingerprint density at radius 1 is 1.06 bits per heavy atom. The summed E-state index contributed by atoms with van der Waals surface area (Å²) in [5, 5.41) is 10.1. The average molecular weight is 506 g/mol. The molecular weight excluding hydrogens is 481 g/mol. The summed E-state index contributed by atoms with van der Waals surface area (Å²) in [5.41, 5.74) is 0.785. The number of hydrogen-bond donors (Lipinski definition) is 1. The van der Waals surface area contributed by atoms with Crippen molar-refractivity contribution in [2.45, 2.75) is 24.7 Å². The van der Waals surface area contributed by atoms with Crippen LogP contribution in [0.1, 0.15) is 18.9 Å². The molecule has 0 aromatic heterocycles. The van der Waals surface area contributed by atoms with Crippen molar-refractivity contribution < 1.29 is 32.5 Å². The number of esters is 1. The zero-order chi connectivity index (χ0) is 23.9. The van der Waals surface area contributed by atoms with Crippen molar-refractivity contribution in [2.75, 3.05) is 33.9 Å². The minimum atomic E-state index is -4.24. The molecule has 0 aliphatic carbocycles. The summed E-state index contributed by atoms with van der Waals surface area (Å²) in [6, 6.07) is 7.60. The molecule has 0 saturated carbocycles. The Balaban J connectivity index is 2.35. The molecule has 0 aliphatic heterocycles. The normalized spacial score (nSPS) is 11.4. The number of ether oxygens (including phenoxy) is 3. The van der Waals surface area contributed by atoms with Gasteiger partial charge in [-0.05, 0) is 43.2 Å². The Morgan fingerprint density at radius 3 is 2.38 bits per heavy atom. The first-order valence-electron chi connectivity index (χ1n) is 9.68. The van der Waals surface area contributed by atoms with Gasteiger partial charge in [0.15, 0.2) is 17.2 Å². The summed E-state index contributed by atoms with van der Waals surface area (Å²) < 4.78 is 43.1. The van der Waals surface area contributed by atoms with Crippen LogP contribution in [0.15, 0.2) is 35.2 Å². The summed E-state index contributed by atoms with van der Waals surface area (Å²) in [6.07, 6.45) is 0.144. The summed E-state index contributed by atoms with van der Waals surface area (Å²) in [5.74, 6) is -0.0952. The van der Waals surface area contributed by atoms with Gasteiger partial charge in [-0.1, -0.05) is 29.3 Å². The standard InChI is InChI=1S/C21H25Cl2NO7S/c1-4-31-20(25)8-10-24(9-7-14-5-6-17(29-2)18(11-14)30-3)32(27,28)19-13-15(22)12-16(23)21(19)26/h5-6,11-13,26H,4,7-10H2,1-3H3. The van der Waals surface area contributed by atoms with Crippen LogP contribution < -0.4 is 9.47 Å². The highest BCUT2D eigenvalue weighted by Crippen LogP contribution is 2.36. The largest absolute Gasteiger partial charge is 0.505 e. The predicted octanol–water partition coefficient (Wildman–Crippen LogP) is 3.90. The van der Waals surface area contributed by atoms with Gasteiger partial charge < -0.3 is 19.3 Å². The Hall–Kier alpha value is -2.20. The van der Waals surface area contributed by atoms with Gasteiger partial charge in [0.25, 0.3) is 0 Å². The Morgan fingerprint density at radius 2 is 1.75 bits per heavy atom. The number of rotatable bonds is 11. The molecule has 176 valence electrons. The molecule has 0 bridgehead atoms. The third-order valence-electron chi connectivity index (χ3n) is 4.58. The molecule has 2 rings (SSSR count). The monoisotopic (exact) mass is 505 g/mol. The van der Waals surface area contributed by atoms with E-state index in [0.29, 0.717) is 17.9 Å². The van der Waals surface area contributed by atoms with E-state index < -0.39 is 26.6 Å². The van der Waals surface area contributed by atoms with Gasteiger partial charge in [0, 0.05) is 18.1 Å². The van der Waals surface area contributed by atoms with Gasteiger partial charge in [-0.3, -0.25) is 4.79 Å². The van der Waals surface area contributed by atoms with Crippen LogP contribution in [0.25, 0.3) is 0 Å². The van der Waals surface area contributed by atoms with E-state index in [0.717, 1.165) is 15.9 Å². The summed E-state index contributed by atoms with van der Waals surface area (Å²) in [4.78, 5) is 11.4. The highest BCUT2D eigenvalue weighted by atomic mass is 35.5. The minimum Gasteiger partial charge on any atom is -0.505 e. The van der Waals surface area contributed by atoms with E-state index in [1.54, 1.807) is 25.1 Å². The molecule has 0 aliphatic rings. The topological polar surface area (TPSA) is 102 Å². The first-order chi connectivity index (χ1) is 15.1. The summed E-state index contributed by atoms with van der Waals surface area (Å²) in [6.45, 7) is 1.70. The molecule has 2 aromatic rings. The fraction of sp³-hybridized carbons (Fsp3) is 0.381. The molecular formula is C21H25Cl2NO7S. The van der Waals surface area contributed by atoms with Crippen molar-refractivity contribution in [3.05, 3.63) is 45.9 Å². The second-order valence-corrected chi connectivity index (χ2v) is 9.38. The van der Waals surface area contributed by atoms with E-state index in [1.807, 2.05) is 0 Å². The van der Waals surface area contributed by atoms with Crippen molar-refractivity contribution in [3.8, 4) is 17.2 Å². The van der Waals surface area contributed by atoms with E-state index in [-0.39, 0.29) is 36.2 Å². The molecule has 0 fully saturated rings. The summed E-state index contributed by atoms with van der Waals surface area (Å²) in [7, 11) is -1.21. The number of phenols is 1. The third kappa shape index (κ3) is 6.41. The highest BCUT2D eigenvalue weighted by molar-refractivity contribution is 7.89. The van der Waals surface area contributed by atoms with Crippen LogP contribution in [-0.4, -0.2) is 57.7 Å². The number of sulfonamides is 1. The van der Waals surface area contributed by atoms with Gasteiger partial charge in [-0.15, -0.1) is 0 Å². The first-order valence-corrected chi connectivity index (χ1v) is 11.9. The Bertz CT molecular complexity index is 1060. The number of benzene rings is 2. The zero-order valence-corrected chi connectivity index (χ0v) is 20.3. The van der Waals surface area contributed by atoms with Crippen LogP contribution >= 0.6 is 23.2 Å². The summed E-state index contributed by atoms with van der Waals surface area (Å²) >= 11 is 11.9. The fourth-order valence-corrected chi connectivity index (χ4v) is 5.16. The smallest absolute Gasteiger partial charge is 0.307 e. The van der Waals surface area contributed by atoms with Crippen LogP contribution in [0.3, 0.4) is 0 Å². The Labute approximate surface area is 197 Å². The molecule has 0 spiro atoms. The SMILES string of the molecule is CCOC(=O)CCN(CCc1ccc(OC)c(OC)c1)S(=O)(=O)c1cc(Cl)cc(Cl)c1O. The second kappa shape index (κ2) is 11.6. The van der Waals surface area contributed by atoms with Gasteiger partial charge in [-0.25, -0.2) is 8.42 Å². The molecule has 32 heavy (non-hydrogen) atoms. The number of nitrogens with zero attached hydrogens (tertiary/aromatic N) is 1. The maximum Gasteiger partial charge on any atom is 0.307 e. The first kappa shape index (κ1) is 26.1. The van der Waals surface area contributed by atoms with E-state index in [9.17, 15) is 18.3 Å². The number of hydrogen-bond acceptors (Lipinski definition) is 7. The quantitative estimate of drug-likeness (QED) is 0.461. The molecule has 0 heterocycles. The van der Waals surface area contributed by atoms with Crippen molar-refractivity contribution in [1.29, 1.82) is 0 Å².